The van der Waals surface area contributed by atoms with E-state index >= 15 is 0 Å². The van der Waals surface area contributed by atoms with E-state index in [1.54, 1.807) is 21.1 Å². The van der Waals surface area contributed by atoms with Gasteiger partial charge in [0.1, 0.15) is 5.75 Å². The molecule has 0 saturated carbocycles. The first-order chi connectivity index (χ1) is 8.93. The maximum Gasteiger partial charge on any atom is 0.317 e. The molecule has 1 aromatic carbocycles. The Balaban J connectivity index is 2.59. The predicted octanol–water partition coefficient (Wildman–Crippen LogP) is 1.53. The Hall–Kier alpha value is -1.75. The summed E-state index contributed by atoms with van der Waals surface area (Å²) < 4.78 is 5.28. The average molecular weight is 266 g/mol. The fraction of sp³-hybridized carbons (Fsp3) is 0.500. The van der Waals surface area contributed by atoms with Crippen molar-refractivity contribution in [3.05, 3.63) is 29.3 Å². The van der Waals surface area contributed by atoms with Gasteiger partial charge < -0.3 is 20.1 Å². The molecular formula is C14H22N2O3. The van der Waals surface area contributed by atoms with Crippen molar-refractivity contribution in [2.75, 3.05) is 20.7 Å². The molecule has 0 aliphatic heterocycles. The van der Waals surface area contributed by atoms with E-state index in [2.05, 4.69) is 5.32 Å². The molecule has 1 rings (SSSR count). The van der Waals surface area contributed by atoms with Gasteiger partial charge >= 0.3 is 6.03 Å². The van der Waals surface area contributed by atoms with Crippen molar-refractivity contribution in [3.63, 3.8) is 0 Å². The van der Waals surface area contributed by atoms with Crippen molar-refractivity contribution >= 4 is 6.03 Å². The fourth-order valence-electron chi connectivity index (χ4n) is 1.78. The summed E-state index contributed by atoms with van der Waals surface area (Å²) in [4.78, 5) is 13.2. The summed E-state index contributed by atoms with van der Waals surface area (Å²) in [6.45, 7) is 4.33. The summed E-state index contributed by atoms with van der Waals surface area (Å²) in [7, 11) is 3.26. The van der Waals surface area contributed by atoms with Crippen LogP contribution in [0.15, 0.2) is 18.2 Å². The zero-order valence-electron chi connectivity index (χ0n) is 11.9. The summed E-state index contributed by atoms with van der Waals surface area (Å²) in [5, 5.41) is 12.0. The molecule has 106 valence electrons. The molecule has 2 N–H and O–H groups in total. The topological polar surface area (TPSA) is 61.8 Å². The molecule has 0 aliphatic carbocycles. The normalized spacial score (nSPS) is 11.8. The summed E-state index contributed by atoms with van der Waals surface area (Å²) in [6, 6.07) is 5.62. The van der Waals surface area contributed by atoms with Crippen molar-refractivity contribution in [2.24, 2.45) is 0 Å². The molecule has 0 bridgehead atoms. The molecule has 2 amide bonds. The predicted molar refractivity (Wildman–Crippen MR) is 74.3 cm³/mol. The summed E-state index contributed by atoms with van der Waals surface area (Å²) in [5.74, 6) is 0.762. The number of amides is 2. The number of hydrogen-bond acceptors (Lipinski definition) is 3. The minimum Gasteiger partial charge on any atom is -0.496 e. The van der Waals surface area contributed by atoms with Crippen molar-refractivity contribution in [2.45, 2.75) is 26.5 Å². The van der Waals surface area contributed by atoms with Crippen LogP contribution in [0.25, 0.3) is 0 Å². The van der Waals surface area contributed by atoms with E-state index in [9.17, 15) is 9.90 Å². The number of hydrogen-bond donors (Lipinski definition) is 2. The second-order valence-electron chi connectivity index (χ2n) is 4.70. The third kappa shape index (κ3) is 4.79. The van der Waals surface area contributed by atoms with E-state index in [-0.39, 0.29) is 6.03 Å². The van der Waals surface area contributed by atoms with Gasteiger partial charge in [-0.25, -0.2) is 4.79 Å². The summed E-state index contributed by atoms with van der Waals surface area (Å²) in [6.07, 6.45) is -0.537. The summed E-state index contributed by atoms with van der Waals surface area (Å²) in [5.41, 5.74) is 2.03. The Morgan fingerprint density at radius 3 is 2.79 bits per heavy atom. The van der Waals surface area contributed by atoms with Gasteiger partial charge in [-0.3, -0.25) is 0 Å². The molecule has 1 unspecified atom stereocenters. The minimum absolute atomic E-state index is 0.219. The van der Waals surface area contributed by atoms with Crippen molar-refractivity contribution in [3.8, 4) is 5.75 Å². The third-order valence-electron chi connectivity index (χ3n) is 2.76. The van der Waals surface area contributed by atoms with Gasteiger partial charge in [-0.15, -0.1) is 0 Å². The van der Waals surface area contributed by atoms with Crippen LogP contribution in [0.3, 0.4) is 0 Å². The number of aryl methyl sites for hydroxylation is 1. The number of nitrogens with zero attached hydrogens (tertiary/aromatic N) is 1. The zero-order valence-corrected chi connectivity index (χ0v) is 11.9. The molecule has 0 aliphatic rings. The number of rotatable bonds is 5. The Kier molecular flexibility index (Phi) is 5.63. The van der Waals surface area contributed by atoms with Gasteiger partial charge in [0.2, 0.25) is 0 Å². The molecule has 19 heavy (non-hydrogen) atoms. The number of aliphatic hydroxyl groups is 1. The maximum absolute atomic E-state index is 11.8. The average Bonchev–Trinajstić information content (AvgIpc) is 2.35. The number of carbonyl (C=O) groups is 1. The molecule has 1 atom stereocenters. The van der Waals surface area contributed by atoms with Gasteiger partial charge in [0.25, 0.3) is 0 Å². The fourth-order valence-corrected chi connectivity index (χ4v) is 1.78. The summed E-state index contributed by atoms with van der Waals surface area (Å²) >= 11 is 0. The van der Waals surface area contributed by atoms with Crippen molar-refractivity contribution in [1.82, 2.24) is 10.2 Å². The van der Waals surface area contributed by atoms with Gasteiger partial charge in [-0.1, -0.05) is 12.1 Å². The zero-order chi connectivity index (χ0) is 14.4. The number of ether oxygens (including phenoxy) is 1. The Morgan fingerprint density at radius 2 is 2.21 bits per heavy atom. The number of aliphatic hydroxyl groups excluding tert-OH is 1. The molecule has 0 heterocycles. The lowest BCUT2D eigenvalue weighted by Gasteiger charge is -2.19. The third-order valence-corrected chi connectivity index (χ3v) is 2.76. The number of urea groups is 1. The molecular weight excluding hydrogens is 244 g/mol. The standard InChI is InChI=1S/C14H22N2O3/c1-10-5-6-12(13(7-10)19-4)8-15-14(18)16(3)9-11(2)17/h5-7,11,17H,8-9H2,1-4H3,(H,15,18). The van der Waals surface area contributed by atoms with Gasteiger partial charge in [0.15, 0.2) is 0 Å². The quantitative estimate of drug-likeness (QED) is 0.849. The molecule has 1 aromatic rings. The van der Waals surface area contributed by atoms with E-state index in [1.165, 1.54) is 4.90 Å². The van der Waals surface area contributed by atoms with Crippen LogP contribution in [-0.2, 0) is 6.54 Å². The Morgan fingerprint density at radius 1 is 1.53 bits per heavy atom. The number of nitrogens with one attached hydrogen (secondary N) is 1. The van der Waals surface area contributed by atoms with E-state index < -0.39 is 6.10 Å². The first-order valence-electron chi connectivity index (χ1n) is 6.24. The Labute approximate surface area is 114 Å². The second kappa shape index (κ2) is 6.99. The molecule has 0 spiro atoms. The van der Waals surface area contributed by atoms with Gasteiger partial charge in [0.05, 0.1) is 13.2 Å². The van der Waals surface area contributed by atoms with E-state index in [0.717, 1.165) is 16.9 Å². The van der Waals surface area contributed by atoms with Crippen molar-refractivity contribution < 1.29 is 14.6 Å². The molecule has 5 nitrogen and oxygen atoms in total. The number of methoxy groups -OCH3 is 1. The highest BCUT2D eigenvalue weighted by Crippen LogP contribution is 2.19. The lowest BCUT2D eigenvalue weighted by atomic mass is 10.1. The van der Waals surface area contributed by atoms with Gasteiger partial charge in [0, 0.05) is 25.7 Å². The smallest absolute Gasteiger partial charge is 0.317 e. The Bertz CT molecular complexity index is 433. The van der Waals surface area contributed by atoms with Crippen LogP contribution in [0, 0.1) is 6.92 Å². The highest BCUT2D eigenvalue weighted by molar-refractivity contribution is 5.73. The lowest BCUT2D eigenvalue weighted by Crippen LogP contribution is -2.40. The van der Waals surface area contributed by atoms with E-state index in [0.29, 0.717) is 13.1 Å². The SMILES string of the molecule is COc1cc(C)ccc1CNC(=O)N(C)CC(C)O. The highest BCUT2D eigenvalue weighted by Gasteiger charge is 2.11. The van der Waals surface area contributed by atoms with Gasteiger partial charge in [-0.2, -0.15) is 0 Å². The van der Waals surface area contributed by atoms with Crippen LogP contribution in [0.4, 0.5) is 4.79 Å². The molecule has 0 fully saturated rings. The van der Waals surface area contributed by atoms with Crippen LogP contribution in [0.2, 0.25) is 0 Å². The lowest BCUT2D eigenvalue weighted by molar-refractivity contribution is 0.143. The highest BCUT2D eigenvalue weighted by atomic mass is 16.5. The van der Waals surface area contributed by atoms with E-state index in [1.807, 2.05) is 25.1 Å². The van der Waals surface area contributed by atoms with Gasteiger partial charge in [-0.05, 0) is 25.5 Å². The van der Waals surface area contributed by atoms with Crippen LogP contribution < -0.4 is 10.1 Å². The van der Waals surface area contributed by atoms with Crippen LogP contribution in [-0.4, -0.2) is 42.8 Å². The van der Waals surface area contributed by atoms with E-state index in [4.69, 9.17) is 4.74 Å². The molecule has 0 saturated heterocycles. The number of benzene rings is 1. The molecule has 5 heteroatoms. The van der Waals surface area contributed by atoms with Crippen molar-refractivity contribution in [1.29, 1.82) is 0 Å². The van der Waals surface area contributed by atoms with Crippen LogP contribution >= 0.6 is 0 Å². The van der Waals surface area contributed by atoms with Crippen LogP contribution in [0.5, 0.6) is 5.75 Å². The molecule has 0 aromatic heterocycles. The number of likely N-dealkylation sites (N-methyl/N-ethyl adjacent to an activating group) is 1. The first-order valence-corrected chi connectivity index (χ1v) is 6.24. The molecule has 0 radical (unpaired) electrons. The second-order valence-corrected chi connectivity index (χ2v) is 4.70. The monoisotopic (exact) mass is 266 g/mol. The largest absolute Gasteiger partial charge is 0.496 e. The van der Waals surface area contributed by atoms with Crippen LogP contribution in [0.1, 0.15) is 18.1 Å². The minimum atomic E-state index is -0.537. The maximum atomic E-state index is 11.8. The number of carbonyl (C=O) groups excluding carboxylic acids is 1. The first kappa shape index (κ1) is 15.3.